The lowest BCUT2D eigenvalue weighted by Gasteiger charge is -2.32. The van der Waals surface area contributed by atoms with Crippen LogP contribution in [0.3, 0.4) is 0 Å². The number of carbonyl (C=O) groups is 1. The molecule has 2 heterocycles. The van der Waals surface area contributed by atoms with Crippen LogP contribution in [0.4, 0.5) is 0 Å². The number of amides is 1. The standard InChI is InChI=1S/C14H21N3O2/c1-3-4-14(18)17-9-6-12(7-10-17)19-13-5-8-15-11(2)16-13/h5,8,12H,3-4,6-7,9-10H2,1-2H3. The minimum absolute atomic E-state index is 0.153. The van der Waals surface area contributed by atoms with Gasteiger partial charge < -0.3 is 9.64 Å². The molecule has 0 N–H and O–H groups in total. The maximum atomic E-state index is 11.8. The van der Waals surface area contributed by atoms with Gasteiger partial charge in [-0.2, -0.15) is 4.98 Å². The zero-order chi connectivity index (χ0) is 13.7. The molecule has 1 aromatic rings. The van der Waals surface area contributed by atoms with Crippen molar-refractivity contribution in [1.82, 2.24) is 14.9 Å². The molecule has 0 atom stereocenters. The fourth-order valence-electron chi connectivity index (χ4n) is 2.27. The van der Waals surface area contributed by atoms with Crippen molar-refractivity contribution in [3.05, 3.63) is 18.1 Å². The van der Waals surface area contributed by atoms with Crippen molar-refractivity contribution in [3.63, 3.8) is 0 Å². The van der Waals surface area contributed by atoms with E-state index in [1.54, 1.807) is 12.3 Å². The number of likely N-dealkylation sites (tertiary alicyclic amines) is 1. The lowest BCUT2D eigenvalue weighted by molar-refractivity contribution is -0.133. The van der Waals surface area contributed by atoms with E-state index in [1.165, 1.54) is 0 Å². The Hall–Kier alpha value is -1.65. The number of carbonyl (C=O) groups excluding carboxylic acids is 1. The summed E-state index contributed by atoms with van der Waals surface area (Å²) in [7, 11) is 0. The topological polar surface area (TPSA) is 55.3 Å². The van der Waals surface area contributed by atoms with Crippen molar-refractivity contribution in [2.45, 2.75) is 45.6 Å². The van der Waals surface area contributed by atoms with Gasteiger partial charge in [0.05, 0.1) is 0 Å². The quantitative estimate of drug-likeness (QED) is 0.833. The predicted molar refractivity (Wildman–Crippen MR) is 71.9 cm³/mol. The van der Waals surface area contributed by atoms with Gasteiger partial charge in [-0.15, -0.1) is 0 Å². The van der Waals surface area contributed by atoms with Crippen molar-refractivity contribution in [3.8, 4) is 5.88 Å². The van der Waals surface area contributed by atoms with E-state index in [0.29, 0.717) is 18.1 Å². The molecule has 0 aliphatic carbocycles. The smallest absolute Gasteiger partial charge is 0.222 e. The van der Waals surface area contributed by atoms with E-state index in [-0.39, 0.29) is 12.0 Å². The van der Waals surface area contributed by atoms with Crippen molar-refractivity contribution in [1.29, 1.82) is 0 Å². The third-order valence-electron chi connectivity index (χ3n) is 3.30. The number of hydrogen-bond donors (Lipinski definition) is 0. The number of rotatable bonds is 4. The molecule has 1 saturated heterocycles. The fourth-order valence-corrected chi connectivity index (χ4v) is 2.27. The summed E-state index contributed by atoms with van der Waals surface area (Å²) in [6, 6.07) is 1.78. The average Bonchev–Trinajstić information content (AvgIpc) is 2.40. The molecular weight excluding hydrogens is 242 g/mol. The first kappa shape index (κ1) is 13.8. The van der Waals surface area contributed by atoms with Gasteiger partial charge >= 0.3 is 0 Å². The number of hydrogen-bond acceptors (Lipinski definition) is 4. The molecule has 0 saturated carbocycles. The molecule has 0 bridgehead atoms. The first-order chi connectivity index (χ1) is 9.19. The highest BCUT2D eigenvalue weighted by Gasteiger charge is 2.23. The van der Waals surface area contributed by atoms with Crippen LogP contribution in [0, 0.1) is 6.92 Å². The molecule has 0 aromatic carbocycles. The molecule has 0 radical (unpaired) electrons. The van der Waals surface area contributed by atoms with Crippen LogP contribution in [-0.4, -0.2) is 40.0 Å². The van der Waals surface area contributed by atoms with Gasteiger partial charge in [0.2, 0.25) is 11.8 Å². The van der Waals surface area contributed by atoms with Crippen molar-refractivity contribution in [2.75, 3.05) is 13.1 Å². The van der Waals surface area contributed by atoms with Crippen molar-refractivity contribution >= 4 is 5.91 Å². The summed E-state index contributed by atoms with van der Waals surface area (Å²) < 4.78 is 5.84. The van der Waals surface area contributed by atoms with E-state index < -0.39 is 0 Å². The maximum absolute atomic E-state index is 11.8. The molecule has 1 aromatic heterocycles. The summed E-state index contributed by atoms with van der Waals surface area (Å²) in [5.41, 5.74) is 0. The van der Waals surface area contributed by atoms with E-state index >= 15 is 0 Å². The van der Waals surface area contributed by atoms with Gasteiger partial charge in [0.15, 0.2) is 0 Å². The molecule has 1 amide bonds. The first-order valence-corrected chi connectivity index (χ1v) is 6.93. The first-order valence-electron chi connectivity index (χ1n) is 6.93. The Bertz CT molecular complexity index is 428. The molecule has 104 valence electrons. The Labute approximate surface area is 114 Å². The molecule has 0 unspecified atom stereocenters. The van der Waals surface area contributed by atoms with E-state index in [1.807, 2.05) is 18.7 Å². The second-order valence-electron chi connectivity index (χ2n) is 4.89. The second kappa shape index (κ2) is 6.50. The summed E-state index contributed by atoms with van der Waals surface area (Å²) in [6.07, 6.45) is 5.17. The summed E-state index contributed by atoms with van der Waals surface area (Å²) in [5.74, 6) is 1.61. The van der Waals surface area contributed by atoms with E-state index in [4.69, 9.17) is 4.74 Å². The van der Waals surface area contributed by atoms with Crippen molar-refractivity contribution in [2.24, 2.45) is 0 Å². The molecule has 1 aliphatic rings. The van der Waals surface area contributed by atoms with Gasteiger partial charge in [-0.3, -0.25) is 4.79 Å². The van der Waals surface area contributed by atoms with Gasteiger partial charge in [0.1, 0.15) is 11.9 Å². The Morgan fingerprint density at radius 2 is 2.21 bits per heavy atom. The van der Waals surface area contributed by atoms with Gasteiger partial charge in [-0.05, 0) is 13.3 Å². The van der Waals surface area contributed by atoms with Gasteiger partial charge in [0, 0.05) is 44.6 Å². The summed E-state index contributed by atoms with van der Waals surface area (Å²) >= 11 is 0. The van der Waals surface area contributed by atoms with Gasteiger partial charge in [-0.25, -0.2) is 4.98 Å². The third-order valence-corrected chi connectivity index (χ3v) is 3.30. The fraction of sp³-hybridized carbons (Fsp3) is 0.643. The number of nitrogens with zero attached hydrogens (tertiary/aromatic N) is 3. The molecular formula is C14H21N3O2. The van der Waals surface area contributed by atoms with Crippen molar-refractivity contribution < 1.29 is 9.53 Å². The summed E-state index contributed by atoms with van der Waals surface area (Å²) in [5, 5.41) is 0. The molecule has 2 rings (SSSR count). The van der Waals surface area contributed by atoms with E-state index in [0.717, 1.165) is 32.4 Å². The lowest BCUT2D eigenvalue weighted by atomic mass is 10.1. The third kappa shape index (κ3) is 3.91. The Balaban J connectivity index is 1.82. The van der Waals surface area contributed by atoms with Crippen LogP contribution in [-0.2, 0) is 4.79 Å². The normalized spacial score (nSPS) is 16.4. The summed E-state index contributed by atoms with van der Waals surface area (Å²) in [4.78, 5) is 22.0. The average molecular weight is 263 g/mol. The monoisotopic (exact) mass is 263 g/mol. The highest BCUT2D eigenvalue weighted by molar-refractivity contribution is 5.76. The number of aryl methyl sites for hydroxylation is 1. The summed E-state index contributed by atoms with van der Waals surface area (Å²) in [6.45, 7) is 5.45. The second-order valence-corrected chi connectivity index (χ2v) is 4.89. The van der Waals surface area contributed by atoms with Crippen LogP contribution in [0.2, 0.25) is 0 Å². The van der Waals surface area contributed by atoms with Crippen LogP contribution < -0.4 is 4.74 Å². The Morgan fingerprint density at radius 3 is 2.84 bits per heavy atom. The van der Waals surface area contributed by atoms with Crippen LogP contribution in [0.25, 0.3) is 0 Å². The van der Waals surface area contributed by atoms with Crippen LogP contribution in [0.1, 0.15) is 38.4 Å². The highest BCUT2D eigenvalue weighted by Crippen LogP contribution is 2.17. The van der Waals surface area contributed by atoms with Crippen LogP contribution in [0.5, 0.6) is 5.88 Å². The van der Waals surface area contributed by atoms with Gasteiger partial charge in [0.25, 0.3) is 0 Å². The number of ether oxygens (including phenoxy) is 1. The number of piperidine rings is 1. The lowest BCUT2D eigenvalue weighted by Crippen LogP contribution is -2.41. The van der Waals surface area contributed by atoms with Gasteiger partial charge in [-0.1, -0.05) is 6.92 Å². The molecule has 1 aliphatic heterocycles. The predicted octanol–water partition coefficient (Wildman–Crippen LogP) is 1.95. The Kier molecular flexibility index (Phi) is 4.71. The molecule has 5 heteroatoms. The van der Waals surface area contributed by atoms with Crippen LogP contribution >= 0.6 is 0 Å². The minimum atomic E-state index is 0.153. The SMILES string of the molecule is CCCC(=O)N1CCC(Oc2ccnc(C)n2)CC1. The molecule has 1 fully saturated rings. The Morgan fingerprint density at radius 1 is 1.47 bits per heavy atom. The number of aromatic nitrogens is 2. The van der Waals surface area contributed by atoms with Crippen LogP contribution in [0.15, 0.2) is 12.3 Å². The molecule has 19 heavy (non-hydrogen) atoms. The highest BCUT2D eigenvalue weighted by atomic mass is 16.5. The maximum Gasteiger partial charge on any atom is 0.222 e. The van der Waals surface area contributed by atoms with E-state index in [9.17, 15) is 4.79 Å². The minimum Gasteiger partial charge on any atom is -0.474 e. The largest absolute Gasteiger partial charge is 0.474 e. The molecule has 0 spiro atoms. The van der Waals surface area contributed by atoms with E-state index in [2.05, 4.69) is 9.97 Å². The zero-order valence-electron chi connectivity index (χ0n) is 11.6. The zero-order valence-corrected chi connectivity index (χ0v) is 11.6. The molecule has 5 nitrogen and oxygen atoms in total.